The molecule has 0 unspecified atom stereocenters. The molecule has 15 nitrogen and oxygen atoms in total. The van der Waals surface area contributed by atoms with Gasteiger partial charge in [0.2, 0.25) is 0 Å². The number of nitrogens with zero attached hydrogens (tertiary/aromatic N) is 4. The summed E-state index contributed by atoms with van der Waals surface area (Å²) in [6, 6.07) is 7.13. The van der Waals surface area contributed by atoms with Gasteiger partial charge in [-0.2, -0.15) is 16.8 Å². The lowest BCUT2D eigenvalue weighted by molar-refractivity contribution is 0.387. The van der Waals surface area contributed by atoms with Crippen LogP contribution in [0.3, 0.4) is 0 Å². The highest BCUT2D eigenvalue weighted by molar-refractivity contribution is 9.11. The average Bonchev–Trinajstić information content (AvgIpc) is 2.86. The Morgan fingerprint density at radius 1 is 0.682 bits per heavy atom. The molecule has 4 aromatic rings. The fourth-order valence-electron chi connectivity index (χ4n) is 3.70. The summed E-state index contributed by atoms with van der Waals surface area (Å²) in [5.74, 6) is -2.34. The number of hydrogen-bond acceptors (Lipinski definition) is 11. The number of aromatic hydroxyl groups is 2. The molecule has 0 saturated carbocycles. The van der Waals surface area contributed by atoms with Crippen LogP contribution in [0, 0.1) is 0 Å². The maximum atomic E-state index is 12.2. The summed E-state index contributed by atoms with van der Waals surface area (Å²) in [6.45, 7) is 0. The van der Waals surface area contributed by atoms with Gasteiger partial charge in [0.05, 0.1) is 10.7 Å². The number of fused-ring (bicyclic) bond motifs is 1. The molecule has 0 bridgehead atoms. The highest BCUT2D eigenvalue weighted by Gasteiger charge is 2.29. The van der Waals surface area contributed by atoms with Crippen LogP contribution in [-0.2, 0) is 24.8 Å². The maximum absolute atomic E-state index is 12.2. The van der Waals surface area contributed by atoms with Crippen LogP contribution in [0.15, 0.2) is 81.7 Å². The predicted molar refractivity (Wildman–Crippen MR) is 165 cm³/mol. The van der Waals surface area contributed by atoms with E-state index in [0.29, 0.717) is 12.1 Å². The van der Waals surface area contributed by atoms with Crippen LogP contribution in [0.2, 0.25) is 10.0 Å². The van der Waals surface area contributed by atoms with E-state index in [0.717, 1.165) is 12.1 Å². The van der Waals surface area contributed by atoms with E-state index in [1.165, 1.54) is 18.2 Å². The van der Waals surface area contributed by atoms with Crippen molar-refractivity contribution in [1.29, 1.82) is 0 Å². The average molecular weight is 835 g/mol. The zero-order chi connectivity index (χ0) is 32.9. The van der Waals surface area contributed by atoms with E-state index in [4.69, 9.17) is 23.2 Å². The molecule has 0 atom stereocenters. The number of azo groups is 2. The summed E-state index contributed by atoms with van der Waals surface area (Å²) < 4.78 is 81.1. The van der Waals surface area contributed by atoms with Crippen LogP contribution in [0.5, 0.6) is 11.5 Å². The third kappa shape index (κ3) is 7.13. The van der Waals surface area contributed by atoms with Crippen LogP contribution in [0.4, 0.5) is 22.7 Å². The largest absolute Gasteiger partial charge is 0.505 e. The van der Waals surface area contributed by atoms with E-state index < -0.39 is 82.3 Å². The van der Waals surface area contributed by atoms with Gasteiger partial charge in [-0.05, 0) is 79.7 Å². The van der Waals surface area contributed by atoms with Crippen molar-refractivity contribution in [3.05, 3.63) is 61.5 Å². The molecule has 0 saturated heterocycles. The van der Waals surface area contributed by atoms with E-state index in [-0.39, 0.29) is 24.7 Å². The quantitative estimate of drug-likeness (QED) is 0.0616. The van der Waals surface area contributed by atoms with Gasteiger partial charge in [0.15, 0.2) is 11.5 Å². The SMILES string of the molecule is O=P(O)(O)c1cc(Cl)ccc1N=Nc1c(S(=O)(=O)O)cc2cc(S(=O)(=O)O)c(N=Nc3c(Br)cc(Cl)cc3Br)c(O)c2c1O. The van der Waals surface area contributed by atoms with Crippen LogP contribution in [0.1, 0.15) is 0 Å². The van der Waals surface area contributed by atoms with Crippen LogP contribution < -0.4 is 5.30 Å². The smallest absolute Gasteiger partial charge is 0.358 e. The number of phenolic OH excluding ortho intramolecular Hbond substituents is 2. The van der Waals surface area contributed by atoms with E-state index in [1.54, 1.807) is 0 Å². The third-order valence-electron chi connectivity index (χ3n) is 5.55. The van der Waals surface area contributed by atoms with Crippen molar-refractivity contribution in [2.45, 2.75) is 9.79 Å². The molecule has 0 amide bonds. The van der Waals surface area contributed by atoms with Crippen LogP contribution >= 0.6 is 62.7 Å². The van der Waals surface area contributed by atoms with Gasteiger partial charge in [0, 0.05) is 19.0 Å². The van der Waals surface area contributed by atoms with Crippen LogP contribution in [-0.4, -0.2) is 45.9 Å². The first-order valence-corrected chi connectivity index (χ1v) is 17.9. The molecular formula is C22H13Br2Cl2N4O11PS2. The Morgan fingerprint density at radius 3 is 1.59 bits per heavy atom. The van der Waals surface area contributed by atoms with Crippen molar-refractivity contribution in [3.63, 3.8) is 0 Å². The van der Waals surface area contributed by atoms with Crippen molar-refractivity contribution in [3.8, 4) is 11.5 Å². The molecule has 0 spiro atoms. The van der Waals surface area contributed by atoms with Crippen LogP contribution in [0.25, 0.3) is 10.8 Å². The normalized spacial score (nSPS) is 13.0. The Bertz CT molecular complexity index is 2190. The molecule has 0 aliphatic heterocycles. The minimum Gasteiger partial charge on any atom is -0.505 e. The van der Waals surface area contributed by atoms with Gasteiger partial charge in [-0.25, -0.2) is 0 Å². The molecule has 0 fully saturated rings. The Hall–Kier alpha value is -2.55. The van der Waals surface area contributed by atoms with E-state index >= 15 is 0 Å². The minimum atomic E-state index is -5.27. The van der Waals surface area contributed by atoms with Gasteiger partial charge >= 0.3 is 7.60 Å². The zero-order valence-corrected chi connectivity index (χ0v) is 28.0. The fraction of sp³-hybridized carbons (Fsp3) is 0. The molecule has 22 heteroatoms. The molecule has 4 aromatic carbocycles. The van der Waals surface area contributed by atoms with Gasteiger partial charge in [-0.3, -0.25) is 13.7 Å². The molecule has 0 aliphatic rings. The second kappa shape index (κ2) is 12.3. The highest BCUT2D eigenvalue weighted by atomic mass is 79.9. The topological polar surface area (TPSA) is 256 Å². The molecule has 0 heterocycles. The second-order valence-corrected chi connectivity index (χ2v) is 15.4. The van der Waals surface area contributed by atoms with Crippen molar-refractivity contribution >= 4 is 122 Å². The Labute approximate surface area is 273 Å². The molecule has 6 N–H and O–H groups in total. The summed E-state index contributed by atoms with van der Waals surface area (Å²) in [6.07, 6.45) is 0. The molecule has 0 aromatic heterocycles. The molecule has 0 aliphatic carbocycles. The van der Waals surface area contributed by atoms with Gasteiger partial charge in [0.1, 0.15) is 32.5 Å². The Kier molecular flexibility index (Phi) is 9.62. The van der Waals surface area contributed by atoms with Crippen molar-refractivity contribution < 1.29 is 50.5 Å². The molecule has 232 valence electrons. The van der Waals surface area contributed by atoms with E-state index in [2.05, 4.69) is 52.3 Å². The summed E-state index contributed by atoms with van der Waals surface area (Å²) in [5, 5.41) is 35.1. The van der Waals surface area contributed by atoms with Crippen molar-refractivity contribution in [2.75, 3.05) is 0 Å². The van der Waals surface area contributed by atoms with E-state index in [1.807, 2.05) is 0 Å². The fourth-order valence-corrected chi connectivity index (χ4v) is 7.81. The van der Waals surface area contributed by atoms with Gasteiger partial charge in [0.25, 0.3) is 20.2 Å². The predicted octanol–water partition coefficient (Wildman–Crippen LogP) is 7.21. The van der Waals surface area contributed by atoms with Crippen molar-refractivity contribution in [1.82, 2.24) is 0 Å². The summed E-state index contributed by atoms with van der Waals surface area (Å²) in [7, 11) is -15.5. The third-order valence-corrected chi connectivity index (χ3v) is 9.93. The molecular weight excluding hydrogens is 822 g/mol. The first-order chi connectivity index (χ1) is 20.2. The summed E-state index contributed by atoms with van der Waals surface area (Å²) >= 11 is 18.1. The zero-order valence-electron chi connectivity index (χ0n) is 20.8. The Morgan fingerprint density at radius 2 is 1.14 bits per heavy atom. The van der Waals surface area contributed by atoms with Gasteiger partial charge in [-0.1, -0.05) is 23.2 Å². The second-order valence-electron chi connectivity index (χ2n) is 8.49. The highest BCUT2D eigenvalue weighted by Crippen LogP contribution is 2.50. The number of phenols is 2. The van der Waals surface area contributed by atoms with Gasteiger partial charge < -0.3 is 20.0 Å². The van der Waals surface area contributed by atoms with Gasteiger partial charge in [-0.15, -0.1) is 20.5 Å². The lowest BCUT2D eigenvalue weighted by Crippen LogP contribution is -2.04. The standard InChI is InChI=1S/C22H13Br2Cl2N4O11PS2/c23-11-5-10(26)6-12(24)18(11)28-30-20-16(44(39,40)41)4-8-3-15(43(36,37)38)19(21(31)17(8)22(20)32)29-27-13-2-1-9(25)7-14(13)42(33,34)35/h1-7,31-32H,(H2,33,34,35)(H,36,37,38)(H,39,40,41). The number of benzene rings is 4. The van der Waals surface area contributed by atoms with E-state index in [9.17, 15) is 50.5 Å². The molecule has 0 radical (unpaired) electrons. The molecule has 44 heavy (non-hydrogen) atoms. The van der Waals surface area contributed by atoms with Crippen molar-refractivity contribution in [2.24, 2.45) is 20.5 Å². The monoisotopic (exact) mass is 832 g/mol. The lowest BCUT2D eigenvalue weighted by atomic mass is 10.1. The molecule has 4 rings (SSSR count). The number of halogens is 4. The lowest BCUT2D eigenvalue weighted by Gasteiger charge is -2.13. The number of rotatable bonds is 7. The summed E-state index contributed by atoms with van der Waals surface area (Å²) in [5.41, 5.74) is -2.40. The summed E-state index contributed by atoms with van der Waals surface area (Å²) in [4.78, 5) is 17.0. The first-order valence-electron chi connectivity index (χ1n) is 11.0. The minimum absolute atomic E-state index is 0.0550. The number of hydrogen-bond donors (Lipinski definition) is 6. The first kappa shape index (κ1) is 34.3. The Balaban J connectivity index is 2.06. The maximum Gasteiger partial charge on any atom is 0.358 e.